The van der Waals surface area contributed by atoms with Crippen molar-refractivity contribution in [3.8, 4) is 0 Å². The maximum atomic E-state index is 11.9. The van der Waals surface area contributed by atoms with Crippen LogP contribution in [0.15, 0.2) is 30.3 Å². The fraction of sp³-hybridized carbons (Fsp3) is 0.467. The number of aliphatic carboxylic acids is 1. The quantitative estimate of drug-likeness (QED) is 0.583. The molecule has 0 spiro atoms. The molecule has 0 saturated carbocycles. The van der Waals surface area contributed by atoms with Crippen LogP contribution in [0.3, 0.4) is 0 Å². The molecule has 1 aromatic carbocycles. The molecule has 1 fully saturated rings. The molecule has 0 unspecified atom stereocenters. The van der Waals surface area contributed by atoms with Crippen LogP contribution in [0.5, 0.6) is 0 Å². The summed E-state index contributed by atoms with van der Waals surface area (Å²) in [4.78, 5) is 22.4. The number of benzene rings is 1. The number of rotatable bonds is 6. The molecule has 0 aromatic heterocycles. The lowest BCUT2D eigenvalue weighted by atomic mass is 9.72. The monoisotopic (exact) mass is 320 g/mol. The molecule has 1 aliphatic heterocycles. The largest absolute Gasteiger partial charge is 0.481 e. The van der Waals surface area contributed by atoms with Gasteiger partial charge in [-0.3, -0.25) is 4.79 Å². The molecule has 1 aromatic rings. The van der Waals surface area contributed by atoms with Crippen LogP contribution < -0.4 is 10.6 Å². The number of carboxylic acids is 1. The second-order valence-electron chi connectivity index (χ2n) is 5.58. The Balaban J connectivity index is 1.71. The third-order valence-electron chi connectivity index (χ3n) is 3.77. The lowest BCUT2D eigenvalue weighted by Crippen LogP contribution is -2.54. The van der Waals surface area contributed by atoms with Gasteiger partial charge in [0.05, 0.1) is 5.94 Å². The molecule has 1 saturated heterocycles. The van der Waals surface area contributed by atoms with Crippen molar-refractivity contribution >= 4 is 19.1 Å². The molecule has 1 heterocycles. The number of carboxylic acid groups (broad SMARTS) is 1. The van der Waals surface area contributed by atoms with Crippen LogP contribution in [0.2, 0.25) is 0 Å². The highest BCUT2D eigenvalue weighted by Crippen LogP contribution is 2.19. The van der Waals surface area contributed by atoms with Crippen molar-refractivity contribution in [2.75, 3.05) is 0 Å². The van der Waals surface area contributed by atoms with Crippen LogP contribution in [0.4, 0.5) is 4.79 Å². The van der Waals surface area contributed by atoms with E-state index in [4.69, 9.17) is 9.76 Å². The Morgan fingerprint density at radius 3 is 2.65 bits per heavy atom. The first kappa shape index (κ1) is 17.3. The predicted molar refractivity (Wildman–Crippen MR) is 84.6 cm³/mol. The van der Waals surface area contributed by atoms with Gasteiger partial charge in [0, 0.05) is 19.1 Å². The van der Waals surface area contributed by atoms with Crippen LogP contribution in [0.1, 0.15) is 31.2 Å². The van der Waals surface area contributed by atoms with Crippen molar-refractivity contribution in [3.63, 3.8) is 0 Å². The van der Waals surface area contributed by atoms with E-state index in [9.17, 15) is 14.6 Å². The summed E-state index contributed by atoms with van der Waals surface area (Å²) in [6.45, 7) is 0.400. The Bertz CT molecular complexity index is 528. The zero-order valence-electron chi connectivity index (χ0n) is 12.8. The van der Waals surface area contributed by atoms with Gasteiger partial charge < -0.3 is 25.4 Å². The second kappa shape index (κ2) is 8.54. The Morgan fingerprint density at radius 1 is 1.26 bits per heavy atom. The molecule has 124 valence electrons. The average Bonchev–Trinajstić information content (AvgIpc) is 2.54. The van der Waals surface area contributed by atoms with E-state index in [2.05, 4.69) is 10.6 Å². The molecule has 0 aliphatic carbocycles. The highest BCUT2D eigenvalue weighted by Gasteiger charge is 2.35. The molecule has 0 radical (unpaired) electrons. The molecule has 2 atom stereocenters. The molecular weight excluding hydrogens is 299 g/mol. The SMILES string of the molecule is O=C(O)CC[C@@H]1CC[C@H](NC(=O)NCc2ccccc2)B(O)O1. The molecular formula is C15H21BN2O5. The van der Waals surface area contributed by atoms with E-state index in [1.54, 1.807) is 0 Å². The molecule has 7 nitrogen and oxygen atoms in total. The van der Waals surface area contributed by atoms with Gasteiger partial charge in [-0.2, -0.15) is 0 Å². The smallest absolute Gasteiger partial charge is 0.478 e. The molecule has 1 aliphatic rings. The van der Waals surface area contributed by atoms with Crippen molar-refractivity contribution in [3.05, 3.63) is 35.9 Å². The van der Waals surface area contributed by atoms with Gasteiger partial charge >= 0.3 is 19.1 Å². The molecule has 2 amide bonds. The summed E-state index contributed by atoms with van der Waals surface area (Å²) in [6, 6.07) is 9.14. The summed E-state index contributed by atoms with van der Waals surface area (Å²) in [6.07, 6.45) is 1.23. The maximum Gasteiger partial charge on any atom is 0.478 e. The van der Waals surface area contributed by atoms with E-state index in [1.165, 1.54) is 0 Å². The van der Waals surface area contributed by atoms with Gasteiger partial charge in [0.1, 0.15) is 0 Å². The lowest BCUT2D eigenvalue weighted by molar-refractivity contribution is -0.137. The summed E-state index contributed by atoms with van der Waals surface area (Å²) < 4.78 is 5.36. The normalized spacial score (nSPS) is 20.8. The first-order valence-electron chi connectivity index (χ1n) is 7.68. The van der Waals surface area contributed by atoms with Crippen molar-refractivity contribution in [2.45, 2.75) is 44.3 Å². The minimum absolute atomic E-state index is 0.00699. The fourth-order valence-electron chi connectivity index (χ4n) is 2.51. The summed E-state index contributed by atoms with van der Waals surface area (Å²) >= 11 is 0. The van der Waals surface area contributed by atoms with E-state index in [-0.39, 0.29) is 18.6 Å². The van der Waals surface area contributed by atoms with E-state index in [0.29, 0.717) is 25.8 Å². The summed E-state index contributed by atoms with van der Waals surface area (Å²) in [5, 5.41) is 24.0. The maximum absolute atomic E-state index is 11.9. The minimum atomic E-state index is -1.12. The predicted octanol–water partition coefficient (Wildman–Crippen LogP) is 0.918. The highest BCUT2D eigenvalue weighted by atomic mass is 16.5. The van der Waals surface area contributed by atoms with Crippen LogP contribution in [-0.2, 0) is 16.0 Å². The standard InChI is InChI=1S/C15H21BN2O5/c19-14(20)9-7-12-6-8-13(16(22)23-12)18-15(21)17-10-11-4-2-1-3-5-11/h1-5,12-13,22H,6-10H2,(H,19,20)(H2,17,18,21)/t12-,13-/m0/s1. The Morgan fingerprint density at radius 2 is 2.00 bits per heavy atom. The molecule has 2 rings (SSSR count). The second-order valence-corrected chi connectivity index (χ2v) is 5.58. The number of nitrogens with one attached hydrogen (secondary N) is 2. The van der Waals surface area contributed by atoms with Gasteiger partial charge in [0.25, 0.3) is 0 Å². The van der Waals surface area contributed by atoms with Crippen molar-refractivity contribution in [1.29, 1.82) is 0 Å². The summed E-state index contributed by atoms with van der Waals surface area (Å²) in [5.74, 6) is -1.38. The zero-order chi connectivity index (χ0) is 16.7. The van der Waals surface area contributed by atoms with Gasteiger partial charge in [0.15, 0.2) is 0 Å². The van der Waals surface area contributed by atoms with Crippen LogP contribution >= 0.6 is 0 Å². The lowest BCUT2D eigenvalue weighted by Gasteiger charge is -2.31. The number of hydrogen-bond acceptors (Lipinski definition) is 4. The van der Waals surface area contributed by atoms with E-state index in [1.807, 2.05) is 30.3 Å². The van der Waals surface area contributed by atoms with E-state index >= 15 is 0 Å². The van der Waals surface area contributed by atoms with E-state index < -0.39 is 19.0 Å². The zero-order valence-corrected chi connectivity index (χ0v) is 12.8. The van der Waals surface area contributed by atoms with Crippen LogP contribution in [0.25, 0.3) is 0 Å². The fourth-order valence-corrected chi connectivity index (χ4v) is 2.51. The van der Waals surface area contributed by atoms with Gasteiger partial charge in [-0.25, -0.2) is 4.79 Å². The van der Waals surface area contributed by atoms with Gasteiger partial charge in [0.2, 0.25) is 0 Å². The average molecular weight is 320 g/mol. The van der Waals surface area contributed by atoms with Crippen molar-refractivity contribution in [1.82, 2.24) is 10.6 Å². The van der Waals surface area contributed by atoms with E-state index in [0.717, 1.165) is 5.56 Å². The number of carbonyl (C=O) groups is 2. The van der Waals surface area contributed by atoms with Crippen molar-refractivity contribution in [2.24, 2.45) is 0 Å². The summed E-state index contributed by atoms with van der Waals surface area (Å²) in [5.41, 5.74) is 0.983. The minimum Gasteiger partial charge on any atom is -0.481 e. The number of urea groups is 1. The highest BCUT2D eigenvalue weighted by molar-refractivity contribution is 6.45. The first-order chi connectivity index (χ1) is 11.0. The molecule has 8 heteroatoms. The topological polar surface area (TPSA) is 108 Å². The van der Waals surface area contributed by atoms with Crippen LogP contribution in [-0.4, -0.2) is 41.3 Å². The molecule has 23 heavy (non-hydrogen) atoms. The first-order valence-corrected chi connectivity index (χ1v) is 7.68. The van der Waals surface area contributed by atoms with Gasteiger partial charge in [-0.1, -0.05) is 30.3 Å². The molecule has 4 N–H and O–H groups in total. The van der Waals surface area contributed by atoms with Crippen molar-refractivity contribution < 1.29 is 24.4 Å². The van der Waals surface area contributed by atoms with Gasteiger partial charge in [-0.15, -0.1) is 0 Å². The third-order valence-corrected chi connectivity index (χ3v) is 3.77. The third kappa shape index (κ3) is 5.92. The Hall–Kier alpha value is -2.06. The number of carbonyl (C=O) groups excluding carboxylic acids is 1. The van der Waals surface area contributed by atoms with Crippen LogP contribution in [0, 0.1) is 0 Å². The van der Waals surface area contributed by atoms with Gasteiger partial charge in [-0.05, 0) is 24.8 Å². The number of amides is 2. The summed E-state index contributed by atoms with van der Waals surface area (Å²) in [7, 11) is -1.12. The Kier molecular flexibility index (Phi) is 6.43. The molecule has 0 bridgehead atoms. The Labute approximate surface area is 135 Å². The number of hydrogen-bond donors (Lipinski definition) is 4.